The summed E-state index contributed by atoms with van der Waals surface area (Å²) in [6.07, 6.45) is 0.195. The molecule has 1 N–H and O–H groups in total. The lowest BCUT2D eigenvalue weighted by Crippen LogP contribution is -2.05. The second-order valence-corrected chi connectivity index (χ2v) is 7.73. The average Bonchev–Trinajstić information content (AvgIpc) is 2.42. The van der Waals surface area contributed by atoms with Gasteiger partial charge in [0.2, 0.25) is 0 Å². The fourth-order valence-corrected chi connectivity index (χ4v) is 3.06. The Morgan fingerprint density at radius 3 is 2.62 bits per heavy atom. The van der Waals surface area contributed by atoms with E-state index < -0.39 is 21.8 Å². The third-order valence-corrected chi connectivity index (χ3v) is 4.70. The number of hydrogen-bond donors (Lipinski definition) is 1. The third kappa shape index (κ3) is 4.12. The van der Waals surface area contributed by atoms with Crippen molar-refractivity contribution in [1.29, 1.82) is 0 Å². The van der Waals surface area contributed by atoms with Gasteiger partial charge in [0.05, 0.1) is 11.0 Å². The SMILES string of the molecule is CS(=O)(=O)c1cccc(C(O)Cc2cc(Br)ccc2F)c1. The molecule has 21 heavy (non-hydrogen) atoms. The summed E-state index contributed by atoms with van der Waals surface area (Å²) >= 11 is 3.25. The van der Waals surface area contributed by atoms with Crippen LogP contribution in [0.1, 0.15) is 17.2 Å². The average molecular weight is 373 g/mol. The highest BCUT2D eigenvalue weighted by Gasteiger charge is 2.15. The van der Waals surface area contributed by atoms with Gasteiger partial charge in [0.15, 0.2) is 9.84 Å². The van der Waals surface area contributed by atoms with Gasteiger partial charge in [0.25, 0.3) is 0 Å². The van der Waals surface area contributed by atoms with E-state index >= 15 is 0 Å². The van der Waals surface area contributed by atoms with Gasteiger partial charge in [-0.2, -0.15) is 0 Å². The Labute approximate surface area is 131 Å². The second kappa shape index (κ2) is 6.25. The molecular weight excluding hydrogens is 359 g/mol. The van der Waals surface area contributed by atoms with Crippen molar-refractivity contribution in [3.8, 4) is 0 Å². The lowest BCUT2D eigenvalue weighted by atomic mass is 10.0. The number of hydrogen-bond acceptors (Lipinski definition) is 3. The summed E-state index contributed by atoms with van der Waals surface area (Å²) in [5, 5.41) is 10.2. The van der Waals surface area contributed by atoms with Crippen LogP contribution in [0.3, 0.4) is 0 Å². The quantitative estimate of drug-likeness (QED) is 0.895. The number of aliphatic hydroxyl groups excluding tert-OH is 1. The van der Waals surface area contributed by atoms with Crippen LogP contribution >= 0.6 is 15.9 Å². The van der Waals surface area contributed by atoms with Crippen molar-refractivity contribution >= 4 is 25.8 Å². The normalized spacial score (nSPS) is 13.1. The lowest BCUT2D eigenvalue weighted by Gasteiger charge is -2.13. The molecule has 0 radical (unpaired) electrons. The maximum absolute atomic E-state index is 13.7. The first kappa shape index (κ1) is 16.1. The summed E-state index contributed by atoms with van der Waals surface area (Å²) in [5.41, 5.74) is 0.805. The van der Waals surface area contributed by atoms with Gasteiger partial charge < -0.3 is 5.11 Å². The van der Waals surface area contributed by atoms with Gasteiger partial charge in [-0.1, -0.05) is 28.1 Å². The topological polar surface area (TPSA) is 54.4 Å². The van der Waals surface area contributed by atoms with Gasteiger partial charge in [-0.25, -0.2) is 12.8 Å². The minimum atomic E-state index is -3.34. The molecule has 2 rings (SSSR count). The molecule has 0 spiro atoms. The van der Waals surface area contributed by atoms with Gasteiger partial charge in [-0.3, -0.25) is 0 Å². The number of sulfone groups is 1. The summed E-state index contributed by atoms with van der Waals surface area (Å²) < 4.78 is 37.4. The number of benzene rings is 2. The molecule has 0 fully saturated rings. The van der Waals surface area contributed by atoms with Gasteiger partial charge in [0, 0.05) is 17.1 Å². The van der Waals surface area contributed by atoms with E-state index in [0.717, 1.165) is 10.7 Å². The summed E-state index contributed by atoms with van der Waals surface area (Å²) in [5.74, 6) is -0.406. The highest BCUT2D eigenvalue weighted by atomic mass is 79.9. The summed E-state index contributed by atoms with van der Waals surface area (Å²) in [4.78, 5) is 0.133. The zero-order valence-electron chi connectivity index (χ0n) is 11.3. The minimum absolute atomic E-state index is 0.0679. The first-order valence-corrected chi connectivity index (χ1v) is 8.88. The Balaban J connectivity index is 2.28. The predicted octanol–water partition coefficient (Wildman–Crippen LogP) is 3.27. The van der Waals surface area contributed by atoms with Crippen LogP contribution in [0, 0.1) is 5.82 Å². The van der Waals surface area contributed by atoms with E-state index in [1.807, 2.05) is 0 Å². The molecule has 0 saturated carbocycles. The zero-order chi connectivity index (χ0) is 15.6. The highest BCUT2D eigenvalue weighted by Crippen LogP contribution is 2.24. The Morgan fingerprint density at radius 2 is 1.95 bits per heavy atom. The van der Waals surface area contributed by atoms with E-state index in [9.17, 15) is 17.9 Å². The van der Waals surface area contributed by atoms with Crippen molar-refractivity contribution in [2.24, 2.45) is 0 Å². The van der Waals surface area contributed by atoms with Crippen molar-refractivity contribution < 1.29 is 17.9 Å². The Morgan fingerprint density at radius 1 is 1.24 bits per heavy atom. The monoisotopic (exact) mass is 372 g/mol. The second-order valence-electron chi connectivity index (χ2n) is 4.80. The van der Waals surface area contributed by atoms with E-state index in [1.54, 1.807) is 24.3 Å². The molecule has 0 aliphatic rings. The largest absolute Gasteiger partial charge is 0.388 e. The van der Waals surface area contributed by atoms with E-state index in [2.05, 4.69) is 15.9 Å². The maximum atomic E-state index is 13.7. The zero-order valence-corrected chi connectivity index (χ0v) is 13.7. The van der Waals surface area contributed by atoms with Gasteiger partial charge in [0.1, 0.15) is 5.82 Å². The molecule has 0 aromatic heterocycles. The molecule has 0 aliphatic heterocycles. The molecule has 112 valence electrons. The standard InChI is InChI=1S/C15H14BrFO3S/c1-21(19,20)13-4-2-3-10(8-13)15(18)9-11-7-12(16)5-6-14(11)17/h2-8,15,18H,9H2,1H3. The van der Waals surface area contributed by atoms with E-state index in [0.29, 0.717) is 11.1 Å². The third-order valence-electron chi connectivity index (χ3n) is 3.09. The summed E-state index contributed by atoms with van der Waals surface area (Å²) in [6.45, 7) is 0. The number of halogens is 2. The van der Waals surface area contributed by atoms with Crippen molar-refractivity contribution in [2.45, 2.75) is 17.4 Å². The Hall–Kier alpha value is -1.24. The fourth-order valence-electron chi connectivity index (χ4n) is 1.98. The van der Waals surface area contributed by atoms with E-state index in [1.165, 1.54) is 18.2 Å². The maximum Gasteiger partial charge on any atom is 0.175 e. The molecule has 6 heteroatoms. The van der Waals surface area contributed by atoms with Crippen LogP contribution < -0.4 is 0 Å². The van der Waals surface area contributed by atoms with Crippen molar-refractivity contribution in [3.63, 3.8) is 0 Å². The van der Waals surface area contributed by atoms with Crippen LogP contribution in [-0.4, -0.2) is 19.8 Å². The lowest BCUT2D eigenvalue weighted by molar-refractivity contribution is 0.177. The van der Waals surface area contributed by atoms with Crippen LogP contribution in [0.2, 0.25) is 0 Å². The molecule has 0 amide bonds. The highest BCUT2D eigenvalue weighted by molar-refractivity contribution is 9.10. The molecule has 0 saturated heterocycles. The van der Waals surface area contributed by atoms with Gasteiger partial charge >= 0.3 is 0 Å². The van der Waals surface area contributed by atoms with Crippen LogP contribution in [0.5, 0.6) is 0 Å². The molecule has 0 aliphatic carbocycles. The first-order chi connectivity index (χ1) is 9.77. The van der Waals surface area contributed by atoms with Crippen molar-refractivity contribution in [1.82, 2.24) is 0 Å². The molecule has 1 unspecified atom stereocenters. The first-order valence-electron chi connectivity index (χ1n) is 6.19. The molecule has 0 bridgehead atoms. The van der Waals surface area contributed by atoms with Crippen LogP contribution in [0.25, 0.3) is 0 Å². The van der Waals surface area contributed by atoms with Gasteiger partial charge in [-0.05, 0) is 41.5 Å². The van der Waals surface area contributed by atoms with E-state index in [-0.39, 0.29) is 11.3 Å². The molecule has 3 nitrogen and oxygen atoms in total. The Kier molecular flexibility index (Phi) is 4.81. The molecule has 2 aromatic rings. The number of aliphatic hydroxyl groups is 1. The van der Waals surface area contributed by atoms with Crippen LogP contribution in [0.15, 0.2) is 51.8 Å². The van der Waals surface area contributed by atoms with Crippen molar-refractivity contribution in [3.05, 3.63) is 63.9 Å². The summed E-state index contributed by atoms with van der Waals surface area (Å²) in [7, 11) is -3.34. The molecule has 1 atom stereocenters. The number of rotatable bonds is 4. The van der Waals surface area contributed by atoms with E-state index in [4.69, 9.17) is 0 Å². The van der Waals surface area contributed by atoms with Gasteiger partial charge in [-0.15, -0.1) is 0 Å². The summed E-state index contributed by atoms with van der Waals surface area (Å²) in [6, 6.07) is 10.6. The van der Waals surface area contributed by atoms with Crippen molar-refractivity contribution in [2.75, 3.05) is 6.26 Å². The minimum Gasteiger partial charge on any atom is -0.388 e. The predicted molar refractivity (Wildman–Crippen MR) is 82.3 cm³/mol. The molecular formula is C15H14BrFO3S. The van der Waals surface area contributed by atoms with Crippen LogP contribution in [0.4, 0.5) is 4.39 Å². The molecule has 0 heterocycles. The fraction of sp³-hybridized carbons (Fsp3) is 0.200. The Bertz CT molecular complexity index is 759. The smallest absolute Gasteiger partial charge is 0.175 e. The molecule has 2 aromatic carbocycles. The van der Waals surface area contributed by atoms with Crippen LogP contribution in [-0.2, 0) is 16.3 Å².